The molecule has 55 heavy (non-hydrogen) atoms. The molecule has 0 saturated heterocycles. The Hall–Kier alpha value is -6.95. The predicted octanol–water partition coefficient (Wildman–Crippen LogP) is 9.32. The molecule has 0 bridgehead atoms. The number of hydrogen-bond acceptors (Lipinski definition) is 4. The van der Waals surface area contributed by atoms with Crippen LogP contribution >= 0.6 is 0 Å². The highest BCUT2D eigenvalue weighted by atomic mass is 28.3. The van der Waals surface area contributed by atoms with Crippen molar-refractivity contribution in [1.29, 1.82) is 0 Å². The minimum absolute atomic E-state index is 0.667. The van der Waals surface area contributed by atoms with Gasteiger partial charge >= 0.3 is 0 Å². The first-order chi connectivity index (χ1) is 27.3. The summed E-state index contributed by atoms with van der Waals surface area (Å²) >= 11 is 0. The van der Waals surface area contributed by atoms with Crippen molar-refractivity contribution in [3.8, 4) is 45.0 Å². The Morgan fingerprint density at radius 1 is 0.455 bits per heavy atom. The largest absolute Gasteiger partial charge is 0.457 e. The van der Waals surface area contributed by atoms with Crippen molar-refractivity contribution in [3.63, 3.8) is 0 Å². The Kier molecular flexibility index (Phi) is 8.19. The SMILES string of the molecule is C1=CN(c2c(-c3ccccc3)cccc2-c2ccccc2)CN1c1cccc(Oc2ccc3c(c2)-c2ncccc2[Si]3(c2ccccc2)c2ccccc2)c1. The second-order valence-electron chi connectivity index (χ2n) is 14.0. The second kappa shape index (κ2) is 13.8. The van der Waals surface area contributed by atoms with E-state index in [1.807, 2.05) is 12.3 Å². The van der Waals surface area contributed by atoms with Gasteiger partial charge in [0.2, 0.25) is 0 Å². The lowest BCUT2D eigenvalue weighted by Crippen LogP contribution is -2.72. The molecule has 0 unspecified atom stereocenters. The number of pyridine rings is 1. The third kappa shape index (κ3) is 5.64. The highest BCUT2D eigenvalue weighted by Gasteiger charge is 2.49. The van der Waals surface area contributed by atoms with Gasteiger partial charge in [-0.05, 0) is 62.2 Å². The van der Waals surface area contributed by atoms with Gasteiger partial charge in [0.25, 0.3) is 0 Å². The fourth-order valence-corrected chi connectivity index (χ4v) is 13.6. The maximum atomic E-state index is 6.69. The summed E-state index contributed by atoms with van der Waals surface area (Å²) in [5.41, 5.74) is 9.21. The standard InChI is InChI=1S/C50H37N3OSi/c1-5-16-37(17-6-1)44-26-14-27-45(38-18-7-2-8-19-38)50(44)53-33-32-52(36-53)39-20-13-21-40(34-39)54-41-29-30-47-46(35-41)49-48(28-15-31-51-49)55(47,42-22-9-3-10-23-42)43-24-11-4-12-25-43/h1-35H,36H2. The van der Waals surface area contributed by atoms with Crippen LogP contribution in [0.25, 0.3) is 33.5 Å². The number of anilines is 2. The minimum Gasteiger partial charge on any atom is -0.457 e. The summed E-state index contributed by atoms with van der Waals surface area (Å²) in [6.07, 6.45) is 6.25. The van der Waals surface area contributed by atoms with E-state index in [0.29, 0.717) is 6.67 Å². The van der Waals surface area contributed by atoms with Crippen LogP contribution in [0, 0.1) is 0 Å². The first-order valence-electron chi connectivity index (χ1n) is 18.7. The van der Waals surface area contributed by atoms with Crippen LogP contribution in [0.5, 0.6) is 11.5 Å². The maximum Gasteiger partial charge on any atom is 0.182 e. The third-order valence-corrected chi connectivity index (χ3v) is 15.7. The van der Waals surface area contributed by atoms with Crippen molar-refractivity contribution in [2.24, 2.45) is 0 Å². The molecule has 3 heterocycles. The van der Waals surface area contributed by atoms with Crippen LogP contribution in [0.15, 0.2) is 213 Å². The molecule has 2 aliphatic heterocycles. The van der Waals surface area contributed by atoms with E-state index >= 15 is 0 Å². The van der Waals surface area contributed by atoms with E-state index in [9.17, 15) is 0 Å². The monoisotopic (exact) mass is 723 g/mol. The van der Waals surface area contributed by atoms with E-state index < -0.39 is 8.07 Å². The van der Waals surface area contributed by atoms with Gasteiger partial charge in [-0.2, -0.15) is 0 Å². The number of para-hydroxylation sites is 1. The fourth-order valence-electron chi connectivity index (χ4n) is 8.49. The van der Waals surface area contributed by atoms with Crippen LogP contribution in [-0.4, -0.2) is 19.7 Å². The number of benzene rings is 7. The molecule has 0 saturated carbocycles. The molecular formula is C50H37N3OSi. The molecule has 4 nitrogen and oxygen atoms in total. The van der Waals surface area contributed by atoms with Crippen LogP contribution in [-0.2, 0) is 0 Å². The lowest BCUT2D eigenvalue weighted by molar-refractivity contribution is 0.483. The molecule has 0 amide bonds. The van der Waals surface area contributed by atoms with Gasteiger partial charge in [0, 0.05) is 47.0 Å². The molecule has 0 fully saturated rings. The first-order valence-corrected chi connectivity index (χ1v) is 20.7. The van der Waals surface area contributed by atoms with Gasteiger partial charge in [-0.25, -0.2) is 0 Å². The van der Waals surface area contributed by atoms with Crippen LogP contribution in [0.3, 0.4) is 0 Å². The van der Waals surface area contributed by atoms with Gasteiger partial charge in [-0.15, -0.1) is 0 Å². The molecular weight excluding hydrogens is 687 g/mol. The zero-order valence-electron chi connectivity index (χ0n) is 30.2. The van der Waals surface area contributed by atoms with Crippen LogP contribution < -0.4 is 35.3 Å². The van der Waals surface area contributed by atoms with Gasteiger partial charge in [-0.3, -0.25) is 4.98 Å². The number of rotatable bonds is 8. The Morgan fingerprint density at radius 3 is 1.69 bits per heavy atom. The molecule has 8 aromatic rings. The maximum absolute atomic E-state index is 6.69. The predicted molar refractivity (Wildman–Crippen MR) is 230 cm³/mol. The smallest absolute Gasteiger partial charge is 0.182 e. The lowest BCUT2D eigenvalue weighted by atomic mass is 9.95. The Morgan fingerprint density at radius 2 is 1.04 bits per heavy atom. The van der Waals surface area contributed by atoms with Crippen molar-refractivity contribution < 1.29 is 4.74 Å². The van der Waals surface area contributed by atoms with Crippen molar-refractivity contribution in [2.75, 3.05) is 16.5 Å². The summed E-state index contributed by atoms with van der Waals surface area (Å²) in [6, 6.07) is 69.2. The van der Waals surface area contributed by atoms with Gasteiger partial charge < -0.3 is 14.5 Å². The van der Waals surface area contributed by atoms with Crippen LogP contribution in [0.2, 0.25) is 0 Å². The van der Waals surface area contributed by atoms with Gasteiger partial charge in [0.05, 0.1) is 18.1 Å². The van der Waals surface area contributed by atoms with E-state index in [-0.39, 0.29) is 0 Å². The molecule has 262 valence electrons. The molecule has 0 spiro atoms. The summed E-state index contributed by atoms with van der Waals surface area (Å²) in [5.74, 6) is 1.58. The van der Waals surface area contributed by atoms with Crippen LogP contribution in [0.1, 0.15) is 0 Å². The molecule has 0 N–H and O–H groups in total. The number of hydrogen-bond donors (Lipinski definition) is 0. The minimum atomic E-state index is -2.59. The van der Waals surface area contributed by atoms with Crippen LogP contribution in [0.4, 0.5) is 11.4 Å². The highest BCUT2D eigenvalue weighted by Crippen LogP contribution is 2.42. The summed E-state index contributed by atoms with van der Waals surface area (Å²) in [4.78, 5) is 9.62. The molecule has 5 heteroatoms. The normalized spacial score (nSPS) is 13.7. The van der Waals surface area contributed by atoms with E-state index in [0.717, 1.165) is 28.4 Å². The van der Waals surface area contributed by atoms with Crippen molar-refractivity contribution in [1.82, 2.24) is 4.98 Å². The van der Waals surface area contributed by atoms with Gasteiger partial charge in [0.15, 0.2) is 8.07 Å². The number of ether oxygens (including phenoxy) is 1. The van der Waals surface area contributed by atoms with E-state index in [2.05, 4.69) is 210 Å². The van der Waals surface area contributed by atoms with E-state index in [4.69, 9.17) is 9.72 Å². The van der Waals surface area contributed by atoms with Gasteiger partial charge in [0.1, 0.15) is 11.5 Å². The van der Waals surface area contributed by atoms with E-state index in [1.165, 1.54) is 48.7 Å². The van der Waals surface area contributed by atoms with Crippen molar-refractivity contribution in [3.05, 3.63) is 213 Å². The Bertz CT molecular complexity index is 2570. The number of fused-ring (bicyclic) bond motifs is 3. The third-order valence-electron chi connectivity index (χ3n) is 10.9. The Labute approximate surface area is 322 Å². The molecule has 0 atom stereocenters. The summed E-state index contributed by atoms with van der Waals surface area (Å²) in [5, 5.41) is 5.36. The average molecular weight is 724 g/mol. The zero-order valence-corrected chi connectivity index (χ0v) is 31.2. The summed E-state index contributed by atoms with van der Waals surface area (Å²) < 4.78 is 6.69. The summed E-state index contributed by atoms with van der Waals surface area (Å²) in [6.45, 7) is 0.667. The van der Waals surface area contributed by atoms with Gasteiger partial charge in [-0.1, -0.05) is 158 Å². The summed E-state index contributed by atoms with van der Waals surface area (Å²) in [7, 11) is -2.59. The lowest BCUT2D eigenvalue weighted by Gasteiger charge is -2.31. The molecule has 0 aliphatic carbocycles. The first kappa shape index (κ1) is 32.7. The number of aromatic nitrogens is 1. The van der Waals surface area contributed by atoms with Crippen molar-refractivity contribution >= 4 is 40.2 Å². The topological polar surface area (TPSA) is 28.6 Å². The van der Waals surface area contributed by atoms with Crippen molar-refractivity contribution in [2.45, 2.75) is 0 Å². The Balaban J connectivity index is 0.977. The van der Waals surface area contributed by atoms with E-state index in [1.54, 1.807) is 0 Å². The zero-order chi connectivity index (χ0) is 36.6. The molecule has 10 rings (SSSR count). The molecule has 0 radical (unpaired) electrons. The fraction of sp³-hybridized carbons (Fsp3) is 0.0200. The molecule has 1 aromatic heterocycles. The quantitative estimate of drug-likeness (QED) is 0.146. The highest BCUT2D eigenvalue weighted by molar-refractivity contribution is 7.22. The average Bonchev–Trinajstić information content (AvgIpc) is 3.87. The molecule has 2 aliphatic rings. The second-order valence-corrected chi connectivity index (χ2v) is 17.7. The molecule has 7 aromatic carbocycles. The number of nitrogens with zero attached hydrogens (tertiary/aromatic N) is 3.